The third-order valence-corrected chi connectivity index (χ3v) is 5.68. The van der Waals surface area contributed by atoms with Crippen molar-refractivity contribution in [3.63, 3.8) is 0 Å². The smallest absolute Gasteiger partial charge is 0.232 e. The van der Waals surface area contributed by atoms with Gasteiger partial charge in [0.05, 0.1) is 23.9 Å². The van der Waals surface area contributed by atoms with E-state index in [1.165, 1.54) is 0 Å². The summed E-state index contributed by atoms with van der Waals surface area (Å²) in [5.41, 5.74) is 8.83. The van der Waals surface area contributed by atoms with Crippen LogP contribution in [0.5, 0.6) is 11.5 Å². The molecule has 1 saturated heterocycles. The SMILES string of the molecule is COc1ccc2c(c1CN1CCC[C@H](N)C1)O/C(=C\c1n[nH]c3ncccc13)C2=O. The zero-order valence-corrected chi connectivity index (χ0v) is 16.7. The Labute approximate surface area is 173 Å². The third-order valence-electron chi connectivity index (χ3n) is 5.68. The number of nitrogens with zero attached hydrogens (tertiary/aromatic N) is 3. The lowest BCUT2D eigenvalue weighted by Crippen LogP contribution is -2.42. The Morgan fingerprint density at radius 3 is 3.13 bits per heavy atom. The molecule has 5 rings (SSSR count). The maximum atomic E-state index is 13.0. The van der Waals surface area contributed by atoms with Crippen molar-refractivity contribution in [3.8, 4) is 11.5 Å². The summed E-state index contributed by atoms with van der Waals surface area (Å²) in [6, 6.07) is 7.49. The van der Waals surface area contributed by atoms with Crippen LogP contribution in [0.1, 0.15) is 34.5 Å². The van der Waals surface area contributed by atoms with E-state index in [9.17, 15) is 4.79 Å². The van der Waals surface area contributed by atoms with Crippen molar-refractivity contribution in [2.75, 3.05) is 20.2 Å². The van der Waals surface area contributed by atoms with Crippen LogP contribution in [0.15, 0.2) is 36.2 Å². The molecular weight excluding hydrogens is 382 g/mol. The molecule has 0 radical (unpaired) electrons. The number of rotatable bonds is 4. The number of allylic oxidation sites excluding steroid dienone is 1. The summed E-state index contributed by atoms with van der Waals surface area (Å²) in [5, 5.41) is 7.98. The number of nitrogens with one attached hydrogen (secondary N) is 1. The number of benzene rings is 1. The lowest BCUT2D eigenvalue weighted by atomic mass is 10.0. The van der Waals surface area contributed by atoms with Crippen LogP contribution in [0.3, 0.4) is 0 Å². The molecule has 2 aromatic heterocycles. The number of ketones is 1. The van der Waals surface area contributed by atoms with E-state index in [1.54, 1.807) is 25.4 Å². The normalized spacial score (nSPS) is 20.5. The maximum Gasteiger partial charge on any atom is 0.232 e. The summed E-state index contributed by atoms with van der Waals surface area (Å²) in [7, 11) is 1.63. The molecule has 8 nitrogen and oxygen atoms in total. The second-order valence-corrected chi connectivity index (χ2v) is 7.71. The molecule has 30 heavy (non-hydrogen) atoms. The van der Waals surface area contributed by atoms with Gasteiger partial charge in [0, 0.05) is 36.8 Å². The second-order valence-electron chi connectivity index (χ2n) is 7.71. The number of carbonyl (C=O) groups is 1. The standard InChI is InChI=1S/C22H23N5O3/c1-29-18-7-6-15-20(28)19(10-17-14-5-2-8-24-22(14)26-25-17)30-21(15)16(18)12-27-9-3-4-13(23)11-27/h2,5-8,10,13H,3-4,9,11-12,23H2,1H3,(H,24,25,26)/b19-10-/t13-/m0/s1. The summed E-state index contributed by atoms with van der Waals surface area (Å²) < 4.78 is 11.7. The molecule has 1 aromatic carbocycles. The molecule has 3 aromatic rings. The van der Waals surface area contributed by atoms with E-state index in [0.29, 0.717) is 34.9 Å². The first-order valence-corrected chi connectivity index (χ1v) is 10.0. The van der Waals surface area contributed by atoms with Crippen LogP contribution in [0, 0.1) is 0 Å². The molecule has 0 spiro atoms. The monoisotopic (exact) mass is 405 g/mol. The molecule has 2 aliphatic rings. The molecule has 154 valence electrons. The van der Waals surface area contributed by atoms with Crippen LogP contribution in [0.25, 0.3) is 17.1 Å². The number of ether oxygens (including phenoxy) is 2. The van der Waals surface area contributed by atoms with Gasteiger partial charge in [0.1, 0.15) is 11.5 Å². The Kier molecular flexibility index (Phi) is 4.72. The number of H-pyrrole nitrogens is 1. The zero-order chi connectivity index (χ0) is 20.7. The summed E-state index contributed by atoms with van der Waals surface area (Å²) in [5.74, 6) is 1.34. The van der Waals surface area contributed by atoms with Gasteiger partial charge in [0.2, 0.25) is 5.78 Å². The lowest BCUT2D eigenvalue weighted by Gasteiger charge is -2.31. The maximum absolute atomic E-state index is 13.0. The molecule has 0 unspecified atom stereocenters. The van der Waals surface area contributed by atoms with Crippen LogP contribution < -0.4 is 15.2 Å². The van der Waals surface area contributed by atoms with Crippen LogP contribution >= 0.6 is 0 Å². The van der Waals surface area contributed by atoms with Crippen LogP contribution in [-0.2, 0) is 6.54 Å². The van der Waals surface area contributed by atoms with Crippen molar-refractivity contribution in [2.45, 2.75) is 25.4 Å². The molecule has 0 saturated carbocycles. The molecule has 0 amide bonds. The minimum absolute atomic E-state index is 0.163. The number of hydrogen-bond donors (Lipinski definition) is 2. The first-order valence-electron chi connectivity index (χ1n) is 10.0. The molecule has 2 aliphatic heterocycles. The largest absolute Gasteiger partial charge is 0.496 e. The van der Waals surface area contributed by atoms with Crippen molar-refractivity contribution in [3.05, 3.63) is 53.0 Å². The fraction of sp³-hybridized carbons (Fsp3) is 0.318. The van der Waals surface area contributed by atoms with Gasteiger partial charge in [-0.25, -0.2) is 4.98 Å². The third kappa shape index (κ3) is 3.24. The number of carbonyl (C=O) groups excluding carboxylic acids is 1. The van der Waals surface area contributed by atoms with E-state index in [1.807, 2.05) is 18.2 Å². The number of Topliss-reactive ketones (excluding diaryl/α,β-unsaturated/α-hetero) is 1. The quantitative estimate of drug-likeness (QED) is 0.642. The first kappa shape index (κ1) is 18.8. The van der Waals surface area contributed by atoms with Gasteiger partial charge in [-0.05, 0) is 43.7 Å². The highest BCUT2D eigenvalue weighted by atomic mass is 16.5. The molecular formula is C22H23N5O3. The van der Waals surface area contributed by atoms with Gasteiger partial charge >= 0.3 is 0 Å². The van der Waals surface area contributed by atoms with Gasteiger partial charge in [0.15, 0.2) is 11.4 Å². The predicted octanol–water partition coefficient (Wildman–Crippen LogP) is 2.51. The molecule has 3 N–H and O–H groups in total. The molecule has 4 heterocycles. The number of likely N-dealkylation sites (tertiary alicyclic amines) is 1. The minimum atomic E-state index is -0.163. The number of pyridine rings is 1. The lowest BCUT2D eigenvalue weighted by molar-refractivity contribution is 0.101. The van der Waals surface area contributed by atoms with Gasteiger partial charge in [0.25, 0.3) is 0 Å². The number of aromatic amines is 1. The Hall–Kier alpha value is -3.23. The summed E-state index contributed by atoms with van der Waals surface area (Å²) in [6.07, 6.45) is 5.45. The average Bonchev–Trinajstić information content (AvgIpc) is 3.30. The van der Waals surface area contributed by atoms with Gasteiger partial charge in [-0.2, -0.15) is 5.10 Å². The van der Waals surface area contributed by atoms with Crippen LogP contribution in [-0.4, -0.2) is 52.1 Å². The number of piperidine rings is 1. The van der Waals surface area contributed by atoms with E-state index in [2.05, 4.69) is 20.1 Å². The molecule has 1 atom stereocenters. The molecule has 0 bridgehead atoms. The molecule has 0 aliphatic carbocycles. The topological polar surface area (TPSA) is 106 Å². The highest BCUT2D eigenvalue weighted by molar-refractivity contribution is 6.15. The minimum Gasteiger partial charge on any atom is -0.496 e. The van der Waals surface area contributed by atoms with Crippen molar-refractivity contribution < 1.29 is 14.3 Å². The van der Waals surface area contributed by atoms with E-state index >= 15 is 0 Å². The van der Waals surface area contributed by atoms with Crippen molar-refractivity contribution in [1.29, 1.82) is 0 Å². The highest BCUT2D eigenvalue weighted by Crippen LogP contribution is 2.41. The van der Waals surface area contributed by atoms with Crippen LogP contribution in [0.4, 0.5) is 0 Å². The van der Waals surface area contributed by atoms with Crippen molar-refractivity contribution >= 4 is 22.9 Å². The summed E-state index contributed by atoms with van der Waals surface area (Å²) in [4.78, 5) is 19.6. The van der Waals surface area contributed by atoms with Gasteiger partial charge < -0.3 is 15.2 Å². The van der Waals surface area contributed by atoms with E-state index < -0.39 is 0 Å². The van der Waals surface area contributed by atoms with Gasteiger partial charge in [-0.15, -0.1) is 0 Å². The fourth-order valence-electron chi connectivity index (χ4n) is 4.20. The fourth-order valence-corrected chi connectivity index (χ4v) is 4.20. The van der Waals surface area contributed by atoms with E-state index in [0.717, 1.165) is 36.9 Å². The van der Waals surface area contributed by atoms with E-state index in [4.69, 9.17) is 15.2 Å². The van der Waals surface area contributed by atoms with Gasteiger partial charge in [-0.3, -0.25) is 14.8 Å². The van der Waals surface area contributed by atoms with Gasteiger partial charge in [-0.1, -0.05) is 0 Å². The zero-order valence-electron chi connectivity index (χ0n) is 16.7. The van der Waals surface area contributed by atoms with Crippen molar-refractivity contribution in [1.82, 2.24) is 20.1 Å². The first-order chi connectivity index (χ1) is 14.6. The molecule has 1 fully saturated rings. The van der Waals surface area contributed by atoms with E-state index in [-0.39, 0.29) is 17.6 Å². The highest BCUT2D eigenvalue weighted by Gasteiger charge is 2.33. The Balaban J connectivity index is 1.50. The number of fused-ring (bicyclic) bond motifs is 2. The number of nitrogens with two attached hydrogens (primary N) is 1. The Bertz CT molecular complexity index is 1150. The number of methoxy groups -OCH3 is 1. The summed E-state index contributed by atoms with van der Waals surface area (Å²) in [6.45, 7) is 2.40. The average molecular weight is 405 g/mol. The Morgan fingerprint density at radius 1 is 1.40 bits per heavy atom. The summed E-state index contributed by atoms with van der Waals surface area (Å²) >= 11 is 0. The number of aromatic nitrogens is 3. The number of hydrogen-bond acceptors (Lipinski definition) is 7. The predicted molar refractivity (Wildman–Crippen MR) is 112 cm³/mol. The van der Waals surface area contributed by atoms with Crippen molar-refractivity contribution in [2.24, 2.45) is 5.73 Å². The Morgan fingerprint density at radius 2 is 2.30 bits per heavy atom. The second kappa shape index (κ2) is 7.55. The van der Waals surface area contributed by atoms with Crippen LogP contribution in [0.2, 0.25) is 0 Å². The molecule has 8 heteroatoms.